The number of benzene rings is 1. The fourth-order valence-electron chi connectivity index (χ4n) is 2.98. The average Bonchev–Trinajstić information content (AvgIpc) is 3.08. The number of piperazine rings is 1. The first kappa shape index (κ1) is 17.9. The number of ether oxygens (including phenoxy) is 1. The summed E-state index contributed by atoms with van der Waals surface area (Å²) < 4.78 is 32.3. The number of carbonyl (C=O) groups excluding carboxylic acids is 1. The first-order valence-electron chi connectivity index (χ1n) is 7.76. The zero-order valence-corrected chi connectivity index (χ0v) is 15.3. The van der Waals surface area contributed by atoms with Gasteiger partial charge in [-0.2, -0.15) is 4.31 Å². The van der Waals surface area contributed by atoms with Crippen LogP contribution in [0.1, 0.15) is 12.8 Å². The molecule has 6 nitrogen and oxygen atoms in total. The van der Waals surface area contributed by atoms with Crippen molar-refractivity contribution < 1.29 is 17.9 Å². The van der Waals surface area contributed by atoms with Crippen molar-refractivity contribution >= 4 is 39.1 Å². The Balaban J connectivity index is 1.71. The molecule has 132 valence electrons. The molecule has 9 heteroatoms. The van der Waals surface area contributed by atoms with Crippen LogP contribution in [0.4, 0.5) is 0 Å². The van der Waals surface area contributed by atoms with E-state index in [2.05, 4.69) is 0 Å². The number of rotatable bonds is 3. The molecule has 3 rings (SSSR count). The van der Waals surface area contributed by atoms with Crippen LogP contribution in [0.15, 0.2) is 23.1 Å². The van der Waals surface area contributed by atoms with Crippen molar-refractivity contribution in [1.29, 1.82) is 0 Å². The van der Waals surface area contributed by atoms with E-state index in [9.17, 15) is 13.2 Å². The average molecular weight is 393 g/mol. The maximum absolute atomic E-state index is 12.8. The molecule has 2 aliphatic rings. The number of carbonyl (C=O) groups is 1. The van der Waals surface area contributed by atoms with Crippen LogP contribution in [-0.4, -0.2) is 62.4 Å². The molecule has 2 saturated heterocycles. The van der Waals surface area contributed by atoms with Gasteiger partial charge in [0.1, 0.15) is 11.0 Å². The van der Waals surface area contributed by atoms with Crippen LogP contribution >= 0.6 is 23.2 Å². The van der Waals surface area contributed by atoms with Gasteiger partial charge >= 0.3 is 0 Å². The zero-order valence-electron chi connectivity index (χ0n) is 13.0. The molecule has 0 spiro atoms. The van der Waals surface area contributed by atoms with Gasteiger partial charge in [0.2, 0.25) is 10.0 Å². The second-order valence-corrected chi connectivity index (χ2v) is 8.47. The SMILES string of the molecule is O=C([C@H]1CCCO1)N1CCN(S(=O)(=O)c2c(Cl)cccc2Cl)CC1. The lowest BCUT2D eigenvalue weighted by molar-refractivity contribution is -0.142. The van der Waals surface area contributed by atoms with Crippen LogP contribution in [-0.2, 0) is 19.6 Å². The van der Waals surface area contributed by atoms with Crippen LogP contribution in [0.25, 0.3) is 0 Å². The molecule has 0 bridgehead atoms. The predicted octanol–water partition coefficient (Wildman–Crippen LogP) is 2.01. The van der Waals surface area contributed by atoms with Gasteiger partial charge in [0.05, 0.1) is 10.0 Å². The van der Waals surface area contributed by atoms with Crippen LogP contribution in [0.2, 0.25) is 10.0 Å². The Morgan fingerprint density at radius 3 is 2.29 bits per heavy atom. The van der Waals surface area contributed by atoms with Crippen molar-refractivity contribution in [1.82, 2.24) is 9.21 Å². The summed E-state index contributed by atoms with van der Waals surface area (Å²) in [6.45, 7) is 1.69. The van der Waals surface area contributed by atoms with Crippen molar-refractivity contribution in [3.05, 3.63) is 28.2 Å². The smallest absolute Gasteiger partial charge is 0.251 e. The molecule has 24 heavy (non-hydrogen) atoms. The molecule has 1 aromatic rings. The molecule has 0 radical (unpaired) electrons. The second-order valence-electron chi connectivity index (χ2n) is 5.78. The van der Waals surface area contributed by atoms with E-state index >= 15 is 0 Å². The Morgan fingerprint density at radius 2 is 1.75 bits per heavy atom. The van der Waals surface area contributed by atoms with Crippen LogP contribution in [0, 0.1) is 0 Å². The number of hydrogen-bond donors (Lipinski definition) is 0. The van der Waals surface area contributed by atoms with Gasteiger partial charge < -0.3 is 9.64 Å². The molecule has 0 aliphatic carbocycles. The molecule has 1 amide bonds. The number of nitrogens with zero attached hydrogens (tertiary/aromatic N) is 2. The van der Waals surface area contributed by atoms with Gasteiger partial charge in [0.25, 0.3) is 5.91 Å². The molecule has 2 heterocycles. The molecule has 0 aromatic heterocycles. The summed E-state index contributed by atoms with van der Waals surface area (Å²) in [4.78, 5) is 13.9. The highest BCUT2D eigenvalue weighted by atomic mass is 35.5. The molecule has 0 saturated carbocycles. The molecule has 0 N–H and O–H groups in total. The second kappa shape index (κ2) is 7.17. The van der Waals surface area contributed by atoms with Crippen LogP contribution < -0.4 is 0 Å². The Kier molecular flexibility index (Phi) is 5.36. The van der Waals surface area contributed by atoms with E-state index in [-0.39, 0.29) is 40.0 Å². The number of sulfonamides is 1. The third-order valence-corrected chi connectivity index (χ3v) is 7.13. The fraction of sp³-hybridized carbons (Fsp3) is 0.533. The van der Waals surface area contributed by atoms with Gasteiger partial charge in [-0.05, 0) is 25.0 Å². The standard InChI is InChI=1S/C15H18Cl2N2O4S/c16-11-3-1-4-12(17)14(11)24(21,22)19-8-6-18(7-9-19)15(20)13-5-2-10-23-13/h1,3-4,13H,2,5-10H2/t13-/m1/s1. The minimum Gasteiger partial charge on any atom is -0.368 e. The Hall–Kier alpha value is -0.860. The molecule has 1 aromatic carbocycles. The van der Waals surface area contributed by atoms with E-state index < -0.39 is 10.0 Å². The van der Waals surface area contributed by atoms with Crippen molar-refractivity contribution in [2.75, 3.05) is 32.8 Å². The minimum atomic E-state index is -3.79. The highest BCUT2D eigenvalue weighted by Gasteiger charge is 2.35. The van der Waals surface area contributed by atoms with E-state index in [4.69, 9.17) is 27.9 Å². The molecule has 1 atom stereocenters. The zero-order chi connectivity index (χ0) is 17.3. The monoisotopic (exact) mass is 392 g/mol. The lowest BCUT2D eigenvalue weighted by Gasteiger charge is -2.35. The van der Waals surface area contributed by atoms with Crippen molar-refractivity contribution in [3.63, 3.8) is 0 Å². The lowest BCUT2D eigenvalue weighted by Crippen LogP contribution is -2.52. The number of halogens is 2. The Morgan fingerprint density at radius 1 is 1.12 bits per heavy atom. The summed E-state index contributed by atoms with van der Waals surface area (Å²) in [5.74, 6) is -0.0553. The summed E-state index contributed by atoms with van der Waals surface area (Å²) in [5.41, 5.74) is 0. The van der Waals surface area contributed by atoms with Crippen LogP contribution in [0.5, 0.6) is 0 Å². The Bertz CT molecular complexity index is 707. The van der Waals surface area contributed by atoms with E-state index in [1.165, 1.54) is 16.4 Å². The molecule has 2 aliphatic heterocycles. The summed E-state index contributed by atoms with van der Waals surface area (Å²) in [7, 11) is -3.79. The first-order chi connectivity index (χ1) is 11.4. The predicted molar refractivity (Wildman–Crippen MR) is 90.8 cm³/mol. The topological polar surface area (TPSA) is 66.9 Å². The number of amides is 1. The normalized spacial score (nSPS) is 22.8. The number of hydrogen-bond acceptors (Lipinski definition) is 4. The summed E-state index contributed by atoms with van der Waals surface area (Å²) in [6.07, 6.45) is 1.23. The third kappa shape index (κ3) is 3.41. The van der Waals surface area contributed by atoms with E-state index in [0.717, 1.165) is 12.8 Å². The van der Waals surface area contributed by atoms with Gasteiger partial charge in [-0.15, -0.1) is 0 Å². The van der Waals surface area contributed by atoms with Gasteiger partial charge in [-0.3, -0.25) is 4.79 Å². The quantitative estimate of drug-likeness (QED) is 0.788. The van der Waals surface area contributed by atoms with Gasteiger partial charge in [0, 0.05) is 32.8 Å². The van der Waals surface area contributed by atoms with Gasteiger partial charge in [0.15, 0.2) is 0 Å². The van der Waals surface area contributed by atoms with Crippen molar-refractivity contribution in [2.24, 2.45) is 0 Å². The Labute approximate surface area is 151 Å². The van der Waals surface area contributed by atoms with E-state index in [0.29, 0.717) is 19.7 Å². The summed E-state index contributed by atoms with van der Waals surface area (Å²) >= 11 is 12.1. The van der Waals surface area contributed by atoms with Crippen LogP contribution in [0.3, 0.4) is 0 Å². The maximum Gasteiger partial charge on any atom is 0.251 e. The van der Waals surface area contributed by atoms with Gasteiger partial charge in [-0.25, -0.2) is 8.42 Å². The van der Waals surface area contributed by atoms with Crippen molar-refractivity contribution in [3.8, 4) is 0 Å². The molecule has 0 unspecified atom stereocenters. The highest BCUT2D eigenvalue weighted by Crippen LogP contribution is 2.32. The molecular formula is C15H18Cl2N2O4S. The maximum atomic E-state index is 12.8. The van der Waals surface area contributed by atoms with Gasteiger partial charge in [-0.1, -0.05) is 29.3 Å². The largest absolute Gasteiger partial charge is 0.368 e. The van der Waals surface area contributed by atoms with E-state index in [1.807, 2.05) is 0 Å². The fourth-order valence-corrected chi connectivity index (χ4v) is 5.50. The summed E-state index contributed by atoms with van der Waals surface area (Å²) in [5, 5.41) is 0.195. The minimum absolute atomic E-state index is 0.0553. The third-order valence-electron chi connectivity index (χ3n) is 4.27. The van der Waals surface area contributed by atoms with Crippen molar-refractivity contribution in [2.45, 2.75) is 23.8 Å². The lowest BCUT2D eigenvalue weighted by atomic mass is 10.2. The first-order valence-corrected chi connectivity index (χ1v) is 9.95. The van der Waals surface area contributed by atoms with E-state index in [1.54, 1.807) is 11.0 Å². The molecule has 2 fully saturated rings. The summed E-state index contributed by atoms with van der Waals surface area (Å²) in [6, 6.07) is 4.59. The highest BCUT2D eigenvalue weighted by molar-refractivity contribution is 7.89. The molecular weight excluding hydrogens is 375 g/mol.